The molecule has 3 rings (SSSR count). The van der Waals surface area contributed by atoms with Crippen LogP contribution in [-0.4, -0.2) is 21.3 Å². The molecule has 5 nitrogen and oxygen atoms in total. The minimum absolute atomic E-state index is 0.202. The third-order valence-corrected chi connectivity index (χ3v) is 3.11. The topological polar surface area (TPSA) is 76.2 Å². The normalized spacial score (nSPS) is 10.5. The average molecular weight is 301 g/mol. The fraction of sp³-hybridized carbons (Fsp3) is 0. The van der Waals surface area contributed by atoms with Gasteiger partial charge >= 0.3 is 5.97 Å². The van der Waals surface area contributed by atoms with Crippen LogP contribution in [0, 0.1) is 0 Å². The molecule has 1 aromatic heterocycles. The van der Waals surface area contributed by atoms with Crippen LogP contribution in [0.15, 0.2) is 52.9 Å². The molecule has 3 aromatic rings. The maximum atomic E-state index is 10.8. The summed E-state index contributed by atoms with van der Waals surface area (Å²) in [7, 11) is 0. The van der Waals surface area contributed by atoms with Gasteiger partial charge in [-0.1, -0.05) is 17.7 Å². The lowest BCUT2D eigenvalue weighted by molar-refractivity contribution is 0.0697. The molecule has 0 radical (unpaired) electrons. The number of aromatic nitrogens is 2. The molecule has 0 amide bonds. The number of carboxylic acid groups (broad SMARTS) is 1. The molecule has 0 bridgehead atoms. The van der Waals surface area contributed by atoms with E-state index in [0.717, 1.165) is 5.56 Å². The minimum Gasteiger partial charge on any atom is -0.478 e. The molecule has 0 aliphatic heterocycles. The van der Waals surface area contributed by atoms with Crippen molar-refractivity contribution in [2.75, 3.05) is 0 Å². The minimum atomic E-state index is -0.980. The van der Waals surface area contributed by atoms with Crippen LogP contribution in [-0.2, 0) is 0 Å². The molecule has 0 spiro atoms. The van der Waals surface area contributed by atoms with Crippen molar-refractivity contribution in [2.24, 2.45) is 0 Å². The number of benzene rings is 2. The summed E-state index contributed by atoms with van der Waals surface area (Å²) in [6.45, 7) is 0. The van der Waals surface area contributed by atoms with Crippen molar-refractivity contribution in [3.8, 4) is 22.9 Å². The molecule has 0 saturated heterocycles. The van der Waals surface area contributed by atoms with E-state index in [1.165, 1.54) is 12.1 Å². The van der Waals surface area contributed by atoms with Gasteiger partial charge in [0.1, 0.15) is 0 Å². The van der Waals surface area contributed by atoms with E-state index >= 15 is 0 Å². The van der Waals surface area contributed by atoms with Gasteiger partial charge in [0.15, 0.2) is 0 Å². The molecule has 0 fully saturated rings. The highest BCUT2D eigenvalue weighted by Gasteiger charge is 2.11. The Morgan fingerprint density at radius 3 is 2.29 bits per heavy atom. The van der Waals surface area contributed by atoms with Crippen molar-refractivity contribution in [3.63, 3.8) is 0 Å². The van der Waals surface area contributed by atoms with Gasteiger partial charge in [-0.05, 0) is 42.5 Å². The SMILES string of the molecule is O=C(O)c1ccc(-c2nnc(-c3cccc(Cl)c3)o2)cc1. The molecule has 6 heteroatoms. The zero-order valence-corrected chi connectivity index (χ0v) is 11.4. The van der Waals surface area contributed by atoms with Crippen molar-refractivity contribution in [1.82, 2.24) is 10.2 Å². The molecule has 104 valence electrons. The molecule has 0 aliphatic rings. The van der Waals surface area contributed by atoms with Crippen LogP contribution in [0.1, 0.15) is 10.4 Å². The third kappa shape index (κ3) is 2.78. The lowest BCUT2D eigenvalue weighted by Crippen LogP contribution is -1.94. The molecule has 0 unspecified atom stereocenters. The second-order valence-corrected chi connectivity index (χ2v) is 4.74. The first-order valence-corrected chi connectivity index (χ1v) is 6.44. The Balaban J connectivity index is 1.93. The summed E-state index contributed by atoms with van der Waals surface area (Å²) in [6, 6.07) is 13.3. The molecule has 1 N–H and O–H groups in total. The van der Waals surface area contributed by atoms with Crippen LogP contribution >= 0.6 is 11.6 Å². The highest BCUT2D eigenvalue weighted by Crippen LogP contribution is 2.25. The van der Waals surface area contributed by atoms with E-state index in [1.54, 1.807) is 30.3 Å². The first kappa shape index (κ1) is 13.3. The monoisotopic (exact) mass is 300 g/mol. The number of hydrogen-bond acceptors (Lipinski definition) is 4. The summed E-state index contributed by atoms with van der Waals surface area (Å²) in [5.41, 5.74) is 1.58. The second-order valence-electron chi connectivity index (χ2n) is 4.31. The largest absolute Gasteiger partial charge is 0.478 e. The molecule has 0 aliphatic carbocycles. The molecule has 0 atom stereocenters. The van der Waals surface area contributed by atoms with E-state index in [1.807, 2.05) is 6.07 Å². The Bertz CT molecular complexity index is 797. The molecule has 0 saturated carbocycles. The summed E-state index contributed by atoms with van der Waals surface area (Å²) in [5.74, 6) is -0.302. The standard InChI is InChI=1S/C15H9ClN2O3/c16-12-3-1-2-11(8-12)14-18-17-13(21-14)9-4-6-10(7-5-9)15(19)20/h1-8H,(H,19,20). The fourth-order valence-corrected chi connectivity index (χ4v) is 2.02. The zero-order chi connectivity index (χ0) is 14.8. The maximum Gasteiger partial charge on any atom is 0.335 e. The van der Waals surface area contributed by atoms with Crippen LogP contribution in [0.4, 0.5) is 0 Å². The van der Waals surface area contributed by atoms with Gasteiger partial charge in [-0.2, -0.15) is 0 Å². The van der Waals surface area contributed by atoms with Crippen molar-refractivity contribution < 1.29 is 14.3 Å². The van der Waals surface area contributed by atoms with Gasteiger partial charge in [-0.15, -0.1) is 10.2 Å². The van der Waals surface area contributed by atoms with Crippen molar-refractivity contribution in [1.29, 1.82) is 0 Å². The third-order valence-electron chi connectivity index (χ3n) is 2.88. The summed E-state index contributed by atoms with van der Waals surface area (Å²) < 4.78 is 5.58. The molecule has 1 heterocycles. The Morgan fingerprint density at radius 2 is 1.67 bits per heavy atom. The number of aromatic carboxylic acids is 1. The molecule has 2 aromatic carbocycles. The quantitative estimate of drug-likeness (QED) is 0.797. The van der Waals surface area contributed by atoms with Crippen LogP contribution in [0.5, 0.6) is 0 Å². The first-order chi connectivity index (χ1) is 10.1. The molecular weight excluding hydrogens is 292 g/mol. The predicted octanol–water partition coefficient (Wildman–Crippen LogP) is 3.76. The number of carboxylic acids is 1. The Morgan fingerprint density at radius 1 is 1.00 bits per heavy atom. The Hall–Kier alpha value is -2.66. The summed E-state index contributed by atoms with van der Waals surface area (Å²) in [5, 5.41) is 17.4. The smallest absolute Gasteiger partial charge is 0.335 e. The van der Waals surface area contributed by atoms with Crippen LogP contribution in [0.2, 0.25) is 5.02 Å². The highest BCUT2D eigenvalue weighted by molar-refractivity contribution is 6.30. The zero-order valence-electron chi connectivity index (χ0n) is 10.7. The Labute approximate surface area is 124 Å². The van der Waals surface area contributed by atoms with E-state index in [9.17, 15) is 4.79 Å². The second kappa shape index (κ2) is 5.38. The summed E-state index contributed by atoms with van der Waals surface area (Å²) >= 11 is 5.92. The van der Waals surface area contributed by atoms with E-state index in [4.69, 9.17) is 21.1 Å². The van der Waals surface area contributed by atoms with E-state index in [0.29, 0.717) is 22.4 Å². The lowest BCUT2D eigenvalue weighted by Gasteiger charge is -1.97. The number of halogens is 1. The molecule has 21 heavy (non-hydrogen) atoms. The van der Waals surface area contributed by atoms with E-state index in [-0.39, 0.29) is 5.56 Å². The van der Waals surface area contributed by atoms with Gasteiger partial charge < -0.3 is 9.52 Å². The number of hydrogen-bond donors (Lipinski definition) is 1. The van der Waals surface area contributed by atoms with Crippen LogP contribution in [0.25, 0.3) is 22.9 Å². The van der Waals surface area contributed by atoms with Gasteiger partial charge in [0, 0.05) is 16.1 Å². The maximum absolute atomic E-state index is 10.8. The van der Waals surface area contributed by atoms with Gasteiger partial charge in [0.2, 0.25) is 11.8 Å². The average Bonchev–Trinajstić information content (AvgIpc) is 2.97. The van der Waals surface area contributed by atoms with Crippen molar-refractivity contribution in [3.05, 3.63) is 59.1 Å². The van der Waals surface area contributed by atoms with Gasteiger partial charge in [0.05, 0.1) is 5.56 Å². The van der Waals surface area contributed by atoms with Crippen molar-refractivity contribution >= 4 is 17.6 Å². The summed E-state index contributed by atoms with van der Waals surface area (Å²) in [4.78, 5) is 10.8. The van der Waals surface area contributed by atoms with E-state index in [2.05, 4.69) is 10.2 Å². The van der Waals surface area contributed by atoms with Crippen LogP contribution in [0.3, 0.4) is 0 Å². The summed E-state index contributed by atoms with van der Waals surface area (Å²) in [6.07, 6.45) is 0. The van der Waals surface area contributed by atoms with E-state index < -0.39 is 5.97 Å². The van der Waals surface area contributed by atoms with Gasteiger partial charge in [-0.25, -0.2) is 4.79 Å². The number of nitrogens with zero attached hydrogens (tertiary/aromatic N) is 2. The van der Waals surface area contributed by atoms with Crippen molar-refractivity contribution in [2.45, 2.75) is 0 Å². The van der Waals surface area contributed by atoms with Gasteiger partial charge in [0.25, 0.3) is 0 Å². The van der Waals surface area contributed by atoms with Crippen LogP contribution < -0.4 is 0 Å². The van der Waals surface area contributed by atoms with Gasteiger partial charge in [-0.3, -0.25) is 0 Å². The lowest BCUT2D eigenvalue weighted by atomic mass is 10.1. The fourth-order valence-electron chi connectivity index (χ4n) is 1.83. The Kier molecular flexibility index (Phi) is 3.41. The predicted molar refractivity (Wildman–Crippen MR) is 77.1 cm³/mol. The number of rotatable bonds is 3. The number of carbonyl (C=O) groups is 1. The molecular formula is C15H9ClN2O3. The highest BCUT2D eigenvalue weighted by atomic mass is 35.5. The first-order valence-electron chi connectivity index (χ1n) is 6.06.